The van der Waals surface area contributed by atoms with Gasteiger partial charge in [0.1, 0.15) is 5.65 Å². The van der Waals surface area contributed by atoms with Gasteiger partial charge in [0.05, 0.1) is 41.1 Å². The molecule has 0 saturated heterocycles. The van der Waals surface area contributed by atoms with Gasteiger partial charge in [-0.05, 0) is 37.0 Å². The number of hydrogen-bond acceptors (Lipinski definition) is 4. The van der Waals surface area contributed by atoms with E-state index in [0.29, 0.717) is 22.6 Å². The number of anilines is 1. The van der Waals surface area contributed by atoms with Crippen LogP contribution in [-0.2, 0) is 26.4 Å². The first-order valence-corrected chi connectivity index (χ1v) is 9.97. The Morgan fingerprint density at radius 2 is 1.93 bits per heavy atom. The van der Waals surface area contributed by atoms with Crippen molar-refractivity contribution < 1.29 is 0 Å². The molecular formula is C23H23N5O. The molecule has 0 aliphatic heterocycles. The third-order valence-corrected chi connectivity index (χ3v) is 5.77. The van der Waals surface area contributed by atoms with Crippen molar-refractivity contribution in [3.05, 3.63) is 76.6 Å². The third-order valence-electron chi connectivity index (χ3n) is 5.77. The predicted octanol–water partition coefficient (Wildman–Crippen LogP) is 3.40. The molecule has 1 aromatic carbocycles. The Kier molecular flexibility index (Phi) is 4.19. The molecule has 0 radical (unpaired) electrons. The smallest absolute Gasteiger partial charge is 0.200 e. The number of fused-ring (bicyclic) bond motifs is 2. The number of hydrogen-bond donors (Lipinski definition) is 1. The summed E-state index contributed by atoms with van der Waals surface area (Å²) in [5.41, 5.74) is 5.83. The number of aromatic nitrogens is 4. The van der Waals surface area contributed by atoms with Crippen LogP contribution in [-0.4, -0.2) is 25.1 Å². The van der Waals surface area contributed by atoms with E-state index in [1.807, 2.05) is 34.6 Å². The van der Waals surface area contributed by atoms with Crippen molar-refractivity contribution in [2.24, 2.45) is 7.05 Å². The zero-order valence-corrected chi connectivity index (χ0v) is 16.6. The number of rotatable bonds is 4. The summed E-state index contributed by atoms with van der Waals surface area (Å²) >= 11 is 0. The van der Waals surface area contributed by atoms with Crippen LogP contribution in [0.25, 0.3) is 22.3 Å². The van der Waals surface area contributed by atoms with Crippen LogP contribution in [0.15, 0.2) is 60.0 Å². The van der Waals surface area contributed by atoms with Crippen LogP contribution in [0.1, 0.15) is 18.1 Å². The molecule has 29 heavy (non-hydrogen) atoms. The van der Waals surface area contributed by atoms with Crippen molar-refractivity contribution in [3.63, 3.8) is 0 Å². The highest BCUT2D eigenvalue weighted by Crippen LogP contribution is 2.26. The van der Waals surface area contributed by atoms with E-state index in [2.05, 4.69) is 46.5 Å². The fourth-order valence-corrected chi connectivity index (χ4v) is 4.29. The molecule has 5 rings (SSSR count). The number of benzene rings is 1. The molecule has 3 heterocycles. The minimum Gasteiger partial charge on any atom is -0.380 e. The van der Waals surface area contributed by atoms with Crippen LogP contribution in [0.3, 0.4) is 0 Å². The van der Waals surface area contributed by atoms with E-state index in [4.69, 9.17) is 0 Å². The number of imidazole rings is 1. The van der Waals surface area contributed by atoms with Gasteiger partial charge in [0.25, 0.3) is 0 Å². The average Bonchev–Trinajstić information content (AvgIpc) is 3.34. The monoisotopic (exact) mass is 385 g/mol. The number of nitrogens with one attached hydrogen (secondary N) is 1. The first-order valence-electron chi connectivity index (χ1n) is 9.97. The summed E-state index contributed by atoms with van der Waals surface area (Å²) in [6, 6.07) is 10.8. The van der Waals surface area contributed by atoms with Crippen LogP contribution in [0.2, 0.25) is 0 Å². The van der Waals surface area contributed by atoms with E-state index in [1.165, 1.54) is 11.1 Å². The van der Waals surface area contributed by atoms with Crippen molar-refractivity contribution in [2.45, 2.75) is 32.4 Å². The van der Waals surface area contributed by atoms with Crippen molar-refractivity contribution in [3.8, 4) is 11.3 Å². The lowest BCUT2D eigenvalue weighted by molar-refractivity contribution is 0.769. The van der Waals surface area contributed by atoms with Gasteiger partial charge in [-0.1, -0.05) is 24.3 Å². The maximum atomic E-state index is 13.3. The van der Waals surface area contributed by atoms with Gasteiger partial charge in [0.2, 0.25) is 0 Å². The van der Waals surface area contributed by atoms with Crippen LogP contribution in [0, 0.1) is 0 Å². The van der Waals surface area contributed by atoms with Crippen molar-refractivity contribution in [1.29, 1.82) is 0 Å². The van der Waals surface area contributed by atoms with Gasteiger partial charge in [-0.3, -0.25) is 4.79 Å². The SMILES string of the molecule is CCn1cc(-c2cncn2C)c(=O)c2cc(NC3Cc4ccccc4C3)cnc21. The Morgan fingerprint density at radius 3 is 2.59 bits per heavy atom. The van der Waals surface area contributed by atoms with Crippen LogP contribution in [0.4, 0.5) is 5.69 Å². The normalized spacial score (nSPS) is 13.7. The Labute approximate surface area is 168 Å². The summed E-state index contributed by atoms with van der Waals surface area (Å²) in [6.45, 7) is 2.79. The second-order valence-electron chi connectivity index (χ2n) is 7.66. The average molecular weight is 385 g/mol. The van der Waals surface area contributed by atoms with Crippen molar-refractivity contribution in [1.82, 2.24) is 19.1 Å². The maximum Gasteiger partial charge on any atom is 0.200 e. The molecule has 1 aliphatic carbocycles. The quantitative estimate of drug-likeness (QED) is 0.585. The summed E-state index contributed by atoms with van der Waals surface area (Å²) in [5.74, 6) is 0. The lowest BCUT2D eigenvalue weighted by atomic mass is 10.1. The summed E-state index contributed by atoms with van der Waals surface area (Å²) < 4.78 is 3.89. The van der Waals surface area contributed by atoms with E-state index in [-0.39, 0.29) is 5.43 Å². The number of aryl methyl sites for hydroxylation is 2. The summed E-state index contributed by atoms with van der Waals surface area (Å²) in [7, 11) is 1.90. The van der Waals surface area contributed by atoms with Gasteiger partial charge < -0.3 is 14.5 Å². The zero-order chi connectivity index (χ0) is 20.0. The van der Waals surface area contributed by atoms with Gasteiger partial charge >= 0.3 is 0 Å². The maximum absolute atomic E-state index is 13.3. The van der Waals surface area contributed by atoms with Crippen LogP contribution >= 0.6 is 0 Å². The summed E-state index contributed by atoms with van der Waals surface area (Å²) in [5, 5.41) is 4.21. The van der Waals surface area contributed by atoms with Gasteiger partial charge in [-0.2, -0.15) is 0 Å². The van der Waals surface area contributed by atoms with Crippen LogP contribution < -0.4 is 10.7 Å². The van der Waals surface area contributed by atoms with E-state index in [0.717, 1.165) is 30.8 Å². The Hall–Kier alpha value is -3.41. The topological polar surface area (TPSA) is 64.7 Å². The molecule has 1 aliphatic rings. The molecule has 3 aromatic heterocycles. The minimum absolute atomic E-state index is 0.0147. The summed E-state index contributed by atoms with van der Waals surface area (Å²) in [6.07, 6.45) is 9.14. The molecule has 0 saturated carbocycles. The molecule has 0 fully saturated rings. The van der Waals surface area contributed by atoms with E-state index in [9.17, 15) is 4.79 Å². The molecule has 6 heteroatoms. The highest BCUT2D eigenvalue weighted by molar-refractivity contribution is 5.83. The number of pyridine rings is 2. The van der Waals surface area contributed by atoms with Gasteiger partial charge in [-0.15, -0.1) is 0 Å². The van der Waals surface area contributed by atoms with Crippen molar-refractivity contribution in [2.75, 3.05) is 5.32 Å². The van der Waals surface area contributed by atoms with E-state index >= 15 is 0 Å². The van der Waals surface area contributed by atoms with Gasteiger partial charge in [0.15, 0.2) is 5.43 Å². The third kappa shape index (κ3) is 3.01. The number of nitrogens with zero attached hydrogens (tertiary/aromatic N) is 4. The second kappa shape index (κ2) is 6.88. The molecule has 6 nitrogen and oxygen atoms in total. The minimum atomic E-state index is -0.0147. The molecule has 4 aromatic rings. The molecule has 0 atom stereocenters. The summed E-state index contributed by atoms with van der Waals surface area (Å²) in [4.78, 5) is 22.1. The van der Waals surface area contributed by atoms with E-state index < -0.39 is 0 Å². The fraction of sp³-hybridized carbons (Fsp3) is 0.261. The first-order chi connectivity index (χ1) is 14.1. The standard InChI is InChI=1S/C23H23N5O/c1-3-28-13-20(21-12-24-14-27(21)2)22(29)19-10-18(11-25-23(19)28)26-17-8-15-6-4-5-7-16(15)9-17/h4-7,10-14,17,26H,3,8-9H2,1-2H3. The fourth-order valence-electron chi connectivity index (χ4n) is 4.29. The largest absolute Gasteiger partial charge is 0.380 e. The second-order valence-corrected chi connectivity index (χ2v) is 7.66. The molecule has 1 N–H and O–H groups in total. The lowest BCUT2D eigenvalue weighted by Gasteiger charge is -2.16. The molecular weight excluding hydrogens is 362 g/mol. The molecule has 0 spiro atoms. The molecule has 0 bridgehead atoms. The predicted molar refractivity (Wildman–Crippen MR) is 115 cm³/mol. The molecule has 0 unspecified atom stereocenters. The lowest BCUT2D eigenvalue weighted by Crippen LogP contribution is -2.20. The Balaban J connectivity index is 1.55. The van der Waals surface area contributed by atoms with E-state index in [1.54, 1.807) is 12.5 Å². The van der Waals surface area contributed by atoms with Crippen LogP contribution in [0.5, 0.6) is 0 Å². The van der Waals surface area contributed by atoms with Crippen molar-refractivity contribution >= 4 is 16.7 Å². The highest BCUT2D eigenvalue weighted by atomic mass is 16.1. The molecule has 0 amide bonds. The first kappa shape index (κ1) is 17.7. The highest BCUT2D eigenvalue weighted by Gasteiger charge is 2.21. The zero-order valence-electron chi connectivity index (χ0n) is 16.6. The molecule has 146 valence electrons. The van der Waals surface area contributed by atoms with Gasteiger partial charge in [-0.25, -0.2) is 9.97 Å². The Morgan fingerprint density at radius 1 is 1.17 bits per heavy atom. The Bertz CT molecular complexity index is 1240. The van der Waals surface area contributed by atoms with Gasteiger partial charge in [0, 0.05) is 25.8 Å².